The number of halogens is 1. The molecule has 1 aromatic heterocycles. The predicted octanol–water partition coefficient (Wildman–Crippen LogP) is 1.64. The molecule has 1 N–H and O–H groups in total. The van der Waals surface area contributed by atoms with Crippen molar-refractivity contribution >= 4 is 17.4 Å². The van der Waals surface area contributed by atoms with E-state index in [4.69, 9.17) is 11.6 Å². The highest BCUT2D eigenvalue weighted by molar-refractivity contribution is 6.29. The lowest BCUT2D eigenvalue weighted by Gasteiger charge is -2.23. The van der Waals surface area contributed by atoms with E-state index in [2.05, 4.69) is 34.5 Å². The summed E-state index contributed by atoms with van der Waals surface area (Å²) in [6, 6.07) is 3.59. The van der Waals surface area contributed by atoms with E-state index in [9.17, 15) is 0 Å². The summed E-state index contributed by atoms with van der Waals surface area (Å²) in [5.74, 6) is 0.785. The van der Waals surface area contributed by atoms with Gasteiger partial charge in [0.05, 0.1) is 0 Å². The van der Waals surface area contributed by atoms with Gasteiger partial charge in [-0.1, -0.05) is 11.6 Å². The zero-order valence-corrected chi connectivity index (χ0v) is 9.75. The molecule has 1 fully saturated rings. The molecule has 0 aromatic carbocycles. The molecule has 82 valence electrons. The van der Waals surface area contributed by atoms with Gasteiger partial charge in [-0.2, -0.15) is 0 Å². The van der Waals surface area contributed by atoms with Crippen LogP contribution in [-0.2, 0) is 0 Å². The van der Waals surface area contributed by atoms with Gasteiger partial charge in [-0.25, -0.2) is 0 Å². The Hall–Kier alpha value is -0.870. The topological polar surface area (TPSA) is 41.0 Å². The van der Waals surface area contributed by atoms with Gasteiger partial charge in [0.2, 0.25) is 0 Å². The normalized spacial score (nSPS) is 17.9. The molecule has 15 heavy (non-hydrogen) atoms. The Balaban J connectivity index is 1.91. The first-order chi connectivity index (χ1) is 7.12. The van der Waals surface area contributed by atoms with E-state index >= 15 is 0 Å². The van der Waals surface area contributed by atoms with Crippen molar-refractivity contribution in [3.63, 3.8) is 0 Å². The first kappa shape index (κ1) is 10.6. The number of nitrogens with one attached hydrogen (secondary N) is 1. The largest absolute Gasteiger partial charge is 0.367 e. The van der Waals surface area contributed by atoms with E-state index in [0.29, 0.717) is 10.7 Å². The van der Waals surface area contributed by atoms with Crippen LogP contribution < -0.4 is 5.32 Å². The molecule has 4 nitrogen and oxygen atoms in total. The Morgan fingerprint density at radius 3 is 2.60 bits per heavy atom. The molecule has 0 radical (unpaired) electrons. The molecule has 0 bridgehead atoms. The number of nitrogens with zero attached hydrogens (tertiary/aromatic N) is 3. The highest BCUT2D eigenvalue weighted by Crippen LogP contribution is 2.39. The Morgan fingerprint density at radius 2 is 2.13 bits per heavy atom. The average molecular weight is 227 g/mol. The van der Waals surface area contributed by atoms with Gasteiger partial charge < -0.3 is 10.2 Å². The fourth-order valence-electron chi connectivity index (χ4n) is 1.59. The van der Waals surface area contributed by atoms with Crippen molar-refractivity contribution in [2.24, 2.45) is 0 Å². The Kier molecular flexibility index (Phi) is 2.80. The quantitative estimate of drug-likeness (QED) is 0.848. The molecule has 1 heterocycles. The number of hydrogen-bond acceptors (Lipinski definition) is 4. The summed E-state index contributed by atoms with van der Waals surface area (Å²) >= 11 is 5.65. The predicted molar refractivity (Wildman–Crippen MR) is 61.2 cm³/mol. The van der Waals surface area contributed by atoms with Crippen molar-refractivity contribution in [1.29, 1.82) is 0 Å². The summed E-state index contributed by atoms with van der Waals surface area (Å²) < 4.78 is 0. The maximum absolute atomic E-state index is 5.65. The third-order valence-electron chi connectivity index (χ3n) is 3.01. The minimum atomic E-state index is 0.321. The van der Waals surface area contributed by atoms with Gasteiger partial charge in [0.1, 0.15) is 5.82 Å². The molecule has 0 aliphatic heterocycles. The second-order valence-electron chi connectivity index (χ2n) is 4.21. The van der Waals surface area contributed by atoms with Crippen molar-refractivity contribution in [3.8, 4) is 0 Å². The van der Waals surface area contributed by atoms with Crippen molar-refractivity contribution < 1.29 is 0 Å². The number of hydrogen-bond donors (Lipinski definition) is 1. The zero-order valence-electron chi connectivity index (χ0n) is 9.00. The Bertz CT molecular complexity index is 332. The second kappa shape index (κ2) is 3.94. The van der Waals surface area contributed by atoms with Crippen LogP contribution in [0.2, 0.25) is 5.15 Å². The van der Waals surface area contributed by atoms with Gasteiger partial charge in [-0.3, -0.25) is 0 Å². The summed E-state index contributed by atoms with van der Waals surface area (Å²) in [7, 11) is 4.23. The number of aromatic nitrogens is 2. The van der Waals surface area contributed by atoms with Crippen LogP contribution in [0.5, 0.6) is 0 Å². The molecular formula is C10H15ClN4. The van der Waals surface area contributed by atoms with Crippen LogP contribution in [0.4, 0.5) is 5.82 Å². The highest BCUT2D eigenvalue weighted by atomic mass is 35.5. The fraction of sp³-hybridized carbons (Fsp3) is 0.600. The van der Waals surface area contributed by atoms with Gasteiger partial charge in [-0.05, 0) is 39.1 Å². The van der Waals surface area contributed by atoms with Gasteiger partial charge in [0.25, 0.3) is 0 Å². The van der Waals surface area contributed by atoms with E-state index in [0.717, 1.165) is 12.4 Å². The lowest BCUT2D eigenvalue weighted by Crippen LogP contribution is -2.36. The Morgan fingerprint density at radius 1 is 1.40 bits per heavy atom. The average Bonchev–Trinajstić information content (AvgIpc) is 2.98. The van der Waals surface area contributed by atoms with E-state index in [-0.39, 0.29) is 0 Å². The molecule has 1 aromatic rings. The minimum absolute atomic E-state index is 0.321. The maximum atomic E-state index is 5.65. The smallest absolute Gasteiger partial charge is 0.151 e. The van der Waals surface area contributed by atoms with Gasteiger partial charge in [-0.15, -0.1) is 10.2 Å². The molecule has 2 rings (SSSR count). The molecule has 0 unspecified atom stereocenters. The van der Waals surface area contributed by atoms with E-state index in [1.807, 2.05) is 6.07 Å². The van der Waals surface area contributed by atoms with Crippen LogP contribution in [0.3, 0.4) is 0 Å². The van der Waals surface area contributed by atoms with Crippen LogP contribution in [0.25, 0.3) is 0 Å². The zero-order chi connectivity index (χ0) is 10.9. The fourth-order valence-corrected chi connectivity index (χ4v) is 1.69. The lowest BCUT2D eigenvalue weighted by molar-refractivity contribution is 0.284. The standard InChI is InChI=1S/C10H15ClN4/c1-15(2)10(5-6-10)7-12-9-4-3-8(11)13-14-9/h3-4H,5-7H2,1-2H3,(H,12,14). The number of rotatable bonds is 4. The van der Waals surface area contributed by atoms with Crippen molar-refractivity contribution in [1.82, 2.24) is 15.1 Å². The summed E-state index contributed by atoms with van der Waals surface area (Å²) in [6.07, 6.45) is 2.49. The minimum Gasteiger partial charge on any atom is -0.367 e. The van der Waals surface area contributed by atoms with Crippen LogP contribution >= 0.6 is 11.6 Å². The van der Waals surface area contributed by atoms with Crippen LogP contribution in [0, 0.1) is 0 Å². The van der Waals surface area contributed by atoms with Crippen molar-refractivity contribution in [2.45, 2.75) is 18.4 Å². The highest BCUT2D eigenvalue weighted by Gasteiger charge is 2.44. The van der Waals surface area contributed by atoms with Gasteiger partial charge in [0.15, 0.2) is 5.15 Å². The van der Waals surface area contributed by atoms with Gasteiger partial charge in [0, 0.05) is 12.1 Å². The molecule has 1 saturated carbocycles. The molecule has 0 saturated heterocycles. The van der Waals surface area contributed by atoms with E-state index in [1.54, 1.807) is 6.07 Å². The Labute approximate surface area is 94.6 Å². The molecule has 1 aliphatic rings. The SMILES string of the molecule is CN(C)C1(CNc2ccc(Cl)nn2)CC1. The maximum Gasteiger partial charge on any atom is 0.151 e. The summed E-state index contributed by atoms with van der Waals surface area (Å²) in [6.45, 7) is 0.913. The third-order valence-corrected chi connectivity index (χ3v) is 3.21. The second-order valence-corrected chi connectivity index (χ2v) is 4.60. The molecule has 0 atom stereocenters. The van der Waals surface area contributed by atoms with Crippen molar-refractivity contribution in [2.75, 3.05) is 26.0 Å². The first-order valence-corrected chi connectivity index (χ1v) is 5.41. The molecule has 0 spiro atoms. The van der Waals surface area contributed by atoms with E-state index < -0.39 is 0 Å². The van der Waals surface area contributed by atoms with Crippen LogP contribution in [0.1, 0.15) is 12.8 Å². The summed E-state index contributed by atoms with van der Waals surface area (Å²) in [5.41, 5.74) is 0.321. The third kappa shape index (κ3) is 2.38. The van der Waals surface area contributed by atoms with E-state index in [1.165, 1.54) is 12.8 Å². The van der Waals surface area contributed by atoms with Gasteiger partial charge >= 0.3 is 0 Å². The number of likely N-dealkylation sites (N-methyl/N-ethyl adjacent to an activating group) is 1. The number of anilines is 1. The molecule has 1 aliphatic carbocycles. The van der Waals surface area contributed by atoms with Crippen LogP contribution in [0.15, 0.2) is 12.1 Å². The molecule has 0 amide bonds. The van der Waals surface area contributed by atoms with Crippen molar-refractivity contribution in [3.05, 3.63) is 17.3 Å². The molecular weight excluding hydrogens is 212 g/mol. The monoisotopic (exact) mass is 226 g/mol. The van der Waals surface area contributed by atoms with Crippen LogP contribution in [-0.4, -0.2) is 41.3 Å². The molecule has 5 heteroatoms. The first-order valence-electron chi connectivity index (χ1n) is 5.03. The lowest BCUT2D eigenvalue weighted by atomic mass is 10.2. The summed E-state index contributed by atoms with van der Waals surface area (Å²) in [5, 5.41) is 11.4. The summed E-state index contributed by atoms with van der Waals surface area (Å²) in [4.78, 5) is 2.27.